The number of hydrogen-bond acceptors (Lipinski definition) is 1. The Bertz CT molecular complexity index is 936. The van der Waals surface area contributed by atoms with Crippen LogP contribution in [0.1, 0.15) is 23.5 Å². The van der Waals surface area contributed by atoms with Crippen LogP contribution in [0, 0.1) is 0 Å². The minimum absolute atomic E-state index is 0.00352. The molecule has 0 bridgehead atoms. The van der Waals surface area contributed by atoms with Crippen molar-refractivity contribution in [2.24, 2.45) is 0 Å². The number of anilines is 1. The number of nitrogens with one attached hydrogen (secondary N) is 1. The quantitative estimate of drug-likeness (QED) is 0.611. The lowest BCUT2D eigenvalue weighted by Gasteiger charge is -2.28. The molecule has 23 heavy (non-hydrogen) atoms. The Morgan fingerprint density at radius 1 is 1.00 bits per heavy atom. The van der Waals surface area contributed by atoms with Gasteiger partial charge < -0.3 is 5.32 Å². The van der Waals surface area contributed by atoms with Crippen LogP contribution in [-0.2, 0) is 4.79 Å². The van der Waals surface area contributed by atoms with Crippen LogP contribution < -0.4 is 5.32 Å². The zero-order valence-corrected chi connectivity index (χ0v) is 13.7. The minimum Gasteiger partial charge on any atom is -0.326 e. The first-order valence-electron chi connectivity index (χ1n) is 7.40. The van der Waals surface area contributed by atoms with Gasteiger partial charge in [-0.15, -0.1) is 0 Å². The van der Waals surface area contributed by atoms with E-state index < -0.39 is 0 Å². The Morgan fingerprint density at radius 3 is 2.65 bits per heavy atom. The summed E-state index contributed by atoms with van der Waals surface area (Å²) < 4.78 is 0. The maximum absolute atomic E-state index is 12.1. The second-order valence-electron chi connectivity index (χ2n) is 5.72. The lowest BCUT2D eigenvalue weighted by Crippen LogP contribution is -2.24. The van der Waals surface area contributed by atoms with Crippen molar-refractivity contribution in [2.45, 2.75) is 12.3 Å². The number of rotatable bonds is 1. The predicted octanol–water partition coefficient (Wildman–Crippen LogP) is 5.62. The zero-order chi connectivity index (χ0) is 16.0. The van der Waals surface area contributed by atoms with E-state index in [9.17, 15) is 4.79 Å². The number of benzene rings is 3. The van der Waals surface area contributed by atoms with E-state index >= 15 is 0 Å². The van der Waals surface area contributed by atoms with Gasteiger partial charge in [-0.25, -0.2) is 0 Å². The van der Waals surface area contributed by atoms with Crippen LogP contribution in [0.3, 0.4) is 0 Å². The average Bonchev–Trinajstić information content (AvgIpc) is 2.53. The van der Waals surface area contributed by atoms with Gasteiger partial charge in [-0.2, -0.15) is 0 Å². The van der Waals surface area contributed by atoms with Crippen molar-refractivity contribution in [1.82, 2.24) is 0 Å². The molecule has 1 heterocycles. The highest BCUT2D eigenvalue weighted by molar-refractivity contribution is 6.35. The number of fused-ring (bicyclic) bond motifs is 3. The number of amides is 1. The van der Waals surface area contributed by atoms with Crippen molar-refractivity contribution in [3.05, 3.63) is 75.8 Å². The highest BCUT2D eigenvalue weighted by atomic mass is 35.5. The van der Waals surface area contributed by atoms with Gasteiger partial charge in [0.05, 0.1) is 0 Å². The first-order chi connectivity index (χ1) is 11.1. The molecule has 3 aromatic rings. The van der Waals surface area contributed by atoms with Crippen molar-refractivity contribution < 1.29 is 4.79 Å². The van der Waals surface area contributed by atoms with E-state index in [0.29, 0.717) is 16.5 Å². The maximum Gasteiger partial charge on any atom is 0.225 e. The normalized spacial score (nSPS) is 17.0. The molecule has 1 aliphatic rings. The van der Waals surface area contributed by atoms with E-state index in [4.69, 9.17) is 23.2 Å². The molecule has 0 saturated heterocycles. The van der Waals surface area contributed by atoms with Crippen LogP contribution in [0.5, 0.6) is 0 Å². The van der Waals surface area contributed by atoms with E-state index in [1.165, 1.54) is 0 Å². The summed E-state index contributed by atoms with van der Waals surface area (Å²) in [5.41, 5.74) is 2.91. The highest BCUT2D eigenvalue weighted by Crippen LogP contribution is 2.43. The maximum atomic E-state index is 12.1. The monoisotopic (exact) mass is 341 g/mol. The first kappa shape index (κ1) is 14.6. The van der Waals surface area contributed by atoms with Crippen LogP contribution in [-0.4, -0.2) is 5.91 Å². The molecule has 4 heteroatoms. The van der Waals surface area contributed by atoms with Crippen molar-refractivity contribution in [3.63, 3.8) is 0 Å². The summed E-state index contributed by atoms with van der Waals surface area (Å²) >= 11 is 12.4. The van der Waals surface area contributed by atoms with Crippen molar-refractivity contribution >= 4 is 45.6 Å². The molecule has 4 rings (SSSR count). The van der Waals surface area contributed by atoms with Gasteiger partial charge in [-0.3, -0.25) is 4.79 Å². The molecule has 114 valence electrons. The molecule has 3 aromatic carbocycles. The van der Waals surface area contributed by atoms with Crippen LogP contribution >= 0.6 is 23.2 Å². The summed E-state index contributed by atoms with van der Waals surface area (Å²) in [5, 5.41) is 6.45. The summed E-state index contributed by atoms with van der Waals surface area (Å²) in [6, 6.07) is 17.6. The van der Waals surface area contributed by atoms with Gasteiger partial charge in [0.15, 0.2) is 0 Å². The zero-order valence-electron chi connectivity index (χ0n) is 12.1. The summed E-state index contributed by atoms with van der Waals surface area (Å²) in [4.78, 5) is 12.1. The first-order valence-corrected chi connectivity index (χ1v) is 8.15. The Hall–Kier alpha value is -2.03. The smallest absolute Gasteiger partial charge is 0.225 e. The number of halogens is 2. The lowest BCUT2D eigenvalue weighted by molar-refractivity contribution is -0.116. The SMILES string of the molecule is O=C1CC(c2ccc(Cl)cc2Cl)c2c(ccc3ccccc23)N1. The van der Waals surface area contributed by atoms with Gasteiger partial charge in [-0.1, -0.05) is 59.6 Å². The van der Waals surface area contributed by atoms with Crippen molar-refractivity contribution in [3.8, 4) is 0 Å². The third-order valence-electron chi connectivity index (χ3n) is 4.32. The lowest BCUT2D eigenvalue weighted by atomic mass is 9.82. The molecule has 1 unspecified atom stereocenters. The third-order valence-corrected chi connectivity index (χ3v) is 4.88. The van der Waals surface area contributed by atoms with Gasteiger partial charge in [0, 0.05) is 28.1 Å². The number of carbonyl (C=O) groups excluding carboxylic acids is 1. The topological polar surface area (TPSA) is 29.1 Å². The Labute approximate surface area is 144 Å². The fourth-order valence-electron chi connectivity index (χ4n) is 3.32. The molecule has 1 aliphatic heterocycles. The number of carbonyl (C=O) groups is 1. The van der Waals surface area contributed by atoms with Crippen molar-refractivity contribution in [2.75, 3.05) is 5.32 Å². The van der Waals surface area contributed by atoms with Gasteiger partial charge in [0.1, 0.15) is 0 Å². The fraction of sp³-hybridized carbons (Fsp3) is 0.105. The van der Waals surface area contributed by atoms with E-state index in [2.05, 4.69) is 17.4 Å². The Kier molecular flexibility index (Phi) is 3.51. The molecule has 1 N–H and O–H groups in total. The van der Waals surface area contributed by atoms with Crippen molar-refractivity contribution in [1.29, 1.82) is 0 Å². The molecular weight excluding hydrogens is 329 g/mol. The summed E-state index contributed by atoms with van der Waals surface area (Å²) in [7, 11) is 0. The minimum atomic E-state index is -0.0744. The number of hydrogen-bond donors (Lipinski definition) is 1. The van der Waals surface area contributed by atoms with Gasteiger partial charge in [0.2, 0.25) is 5.91 Å². The molecule has 1 amide bonds. The van der Waals surface area contributed by atoms with Gasteiger partial charge in [0.25, 0.3) is 0 Å². The largest absolute Gasteiger partial charge is 0.326 e. The molecule has 1 atom stereocenters. The average molecular weight is 342 g/mol. The molecular formula is C19H13Cl2NO. The fourth-order valence-corrected chi connectivity index (χ4v) is 3.86. The second kappa shape index (κ2) is 5.55. The molecule has 0 aromatic heterocycles. The molecule has 0 saturated carbocycles. The van der Waals surface area contributed by atoms with Gasteiger partial charge >= 0.3 is 0 Å². The predicted molar refractivity (Wildman–Crippen MR) is 95.5 cm³/mol. The Morgan fingerprint density at radius 2 is 1.83 bits per heavy atom. The molecule has 0 radical (unpaired) electrons. The van der Waals surface area contributed by atoms with Crippen LogP contribution in [0.25, 0.3) is 10.8 Å². The molecule has 0 aliphatic carbocycles. The third kappa shape index (κ3) is 2.48. The Balaban J connectivity index is 1.99. The van der Waals surface area contributed by atoms with E-state index in [-0.39, 0.29) is 11.8 Å². The van der Waals surface area contributed by atoms with Crippen LogP contribution in [0.4, 0.5) is 5.69 Å². The molecule has 0 fully saturated rings. The molecule has 0 spiro atoms. The van der Waals surface area contributed by atoms with E-state index in [1.807, 2.05) is 36.4 Å². The second-order valence-corrected chi connectivity index (χ2v) is 6.56. The molecule has 2 nitrogen and oxygen atoms in total. The summed E-state index contributed by atoms with van der Waals surface area (Å²) in [6.45, 7) is 0. The van der Waals surface area contributed by atoms with E-state index in [1.54, 1.807) is 6.07 Å². The van der Waals surface area contributed by atoms with E-state index in [0.717, 1.165) is 27.6 Å². The summed E-state index contributed by atoms with van der Waals surface area (Å²) in [6.07, 6.45) is 0.377. The van der Waals surface area contributed by atoms with Gasteiger partial charge in [-0.05, 0) is 40.1 Å². The van der Waals surface area contributed by atoms with Crippen LogP contribution in [0.15, 0.2) is 54.6 Å². The van der Waals surface area contributed by atoms with Crippen LogP contribution in [0.2, 0.25) is 10.0 Å². The highest BCUT2D eigenvalue weighted by Gasteiger charge is 2.29. The standard InChI is InChI=1S/C19H13Cl2NO/c20-12-6-7-14(16(21)9-12)15-10-18(23)22-17-8-5-11-3-1-2-4-13(11)19(15)17/h1-9,15H,10H2,(H,22,23). The summed E-state index contributed by atoms with van der Waals surface area (Å²) in [5.74, 6) is -0.0709.